The maximum Gasteiger partial charge on any atom is 0.272 e. The van der Waals surface area contributed by atoms with Gasteiger partial charge in [-0.15, -0.1) is 0 Å². The smallest absolute Gasteiger partial charge is 0.272 e. The second-order valence-corrected chi connectivity index (χ2v) is 5.02. The summed E-state index contributed by atoms with van der Waals surface area (Å²) in [7, 11) is 0. The van der Waals surface area contributed by atoms with Crippen molar-refractivity contribution in [2.45, 2.75) is 20.5 Å². The van der Waals surface area contributed by atoms with E-state index in [0.29, 0.717) is 22.4 Å². The summed E-state index contributed by atoms with van der Waals surface area (Å²) in [6.07, 6.45) is 0. The first-order valence-corrected chi connectivity index (χ1v) is 6.69. The summed E-state index contributed by atoms with van der Waals surface area (Å²) in [5.41, 5.74) is 2.92. The van der Waals surface area contributed by atoms with Gasteiger partial charge in [0.1, 0.15) is 0 Å². The van der Waals surface area contributed by atoms with Crippen LogP contribution in [-0.2, 0) is 6.61 Å². The Bertz CT molecular complexity index is 741. The highest BCUT2D eigenvalue weighted by molar-refractivity contribution is 6.05. The van der Waals surface area contributed by atoms with Crippen molar-refractivity contribution in [2.24, 2.45) is 0 Å². The average molecular weight is 300 g/mol. The Hall–Kier alpha value is -2.73. The molecule has 2 aromatic rings. The fourth-order valence-electron chi connectivity index (χ4n) is 2.10. The maximum absolute atomic E-state index is 12.3. The molecule has 1 amide bonds. The van der Waals surface area contributed by atoms with E-state index >= 15 is 0 Å². The van der Waals surface area contributed by atoms with Gasteiger partial charge in [-0.1, -0.05) is 12.1 Å². The summed E-state index contributed by atoms with van der Waals surface area (Å²) in [4.78, 5) is 22.6. The predicted octanol–water partition coefficient (Wildman–Crippen LogP) is 2.96. The zero-order chi connectivity index (χ0) is 16.3. The van der Waals surface area contributed by atoms with E-state index in [4.69, 9.17) is 5.11 Å². The first-order chi connectivity index (χ1) is 10.4. The summed E-state index contributed by atoms with van der Waals surface area (Å²) in [5, 5.41) is 22.7. The van der Waals surface area contributed by atoms with Gasteiger partial charge < -0.3 is 10.4 Å². The average Bonchev–Trinajstić information content (AvgIpc) is 2.48. The lowest BCUT2D eigenvalue weighted by molar-refractivity contribution is -0.385. The molecule has 6 heteroatoms. The Morgan fingerprint density at radius 1 is 1.18 bits per heavy atom. The number of nitro benzene ring substituents is 1. The molecule has 6 nitrogen and oxygen atoms in total. The van der Waals surface area contributed by atoms with Crippen LogP contribution in [0.25, 0.3) is 0 Å². The fourth-order valence-corrected chi connectivity index (χ4v) is 2.10. The minimum absolute atomic E-state index is 0.0185. The van der Waals surface area contributed by atoms with Crippen molar-refractivity contribution in [3.63, 3.8) is 0 Å². The summed E-state index contributed by atoms with van der Waals surface area (Å²) < 4.78 is 0. The van der Waals surface area contributed by atoms with E-state index in [0.717, 1.165) is 5.56 Å². The molecule has 0 saturated carbocycles. The Kier molecular flexibility index (Phi) is 4.53. The van der Waals surface area contributed by atoms with Gasteiger partial charge in [-0.05, 0) is 43.2 Å². The van der Waals surface area contributed by atoms with E-state index < -0.39 is 4.92 Å². The molecule has 0 bridgehead atoms. The second kappa shape index (κ2) is 6.36. The first kappa shape index (κ1) is 15.7. The number of rotatable bonds is 4. The Labute approximate surface area is 127 Å². The quantitative estimate of drug-likeness (QED) is 0.670. The first-order valence-electron chi connectivity index (χ1n) is 6.69. The highest BCUT2D eigenvalue weighted by atomic mass is 16.6. The molecule has 22 heavy (non-hydrogen) atoms. The van der Waals surface area contributed by atoms with Crippen LogP contribution in [0.4, 0.5) is 11.4 Å². The summed E-state index contributed by atoms with van der Waals surface area (Å²) >= 11 is 0. The van der Waals surface area contributed by atoms with Gasteiger partial charge in [-0.25, -0.2) is 0 Å². The monoisotopic (exact) mass is 300 g/mol. The van der Waals surface area contributed by atoms with Crippen LogP contribution in [0.3, 0.4) is 0 Å². The van der Waals surface area contributed by atoms with Crippen LogP contribution in [-0.4, -0.2) is 15.9 Å². The van der Waals surface area contributed by atoms with E-state index in [1.54, 1.807) is 19.1 Å². The van der Waals surface area contributed by atoms with Gasteiger partial charge in [0.2, 0.25) is 0 Å². The molecule has 114 valence electrons. The summed E-state index contributed by atoms with van der Waals surface area (Å²) in [6, 6.07) is 9.51. The molecule has 0 radical (unpaired) electrons. The lowest BCUT2D eigenvalue weighted by atomic mass is 10.1. The van der Waals surface area contributed by atoms with E-state index in [1.807, 2.05) is 13.0 Å². The number of nitrogens with zero attached hydrogens (tertiary/aromatic N) is 1. The third-order valence-electron chi connectivity index (χ3n) is 3.39. The van der Waals surface area contributed by atoms with Crippen molar-refractivity contribution in [1.82, 2.24) is 0 Å². The molecule has 0 aliphatic carbocycles. The van der Waals surface area contributed by atoms with Gasteiger partial charge in [0.05, 0.1) is 11.5 Å². The van der Waals surface area contributed by atoms with Crippen molar-refractivity contribution >= 4 is 17.3 Å². The molecule has 0 fully saturated rings. The molecule has 0 aliphatic rings. The molecule has 2 N–H and O–H groups in total. The number of carbonyl (C=O) groups excluding carboxylic acids is 1. The van der Waals surface area contributed by atoms with Crippen LogP contribution in [0.5, 0.6) is 0 Å². The largest absolute Gasteiger partial charge is 0.392 e. The predicted molar refractivity (Wildman–Crippen MR) is 82.9 cm³/mol. The lowest BCUT2D eigenvalue weighted by Crippen LogP contribution is -2.13. The number of aliphatic hydroxyl groups is 1. The third kappa shape index (κ3) is 3.29. The van der Waals surface area contributed by atoms with Gasteiger partial charge in [0, 0.05) is 22.9 Å². The Balaban J connectivity index is 2.26. The number of aryl methyl sites for hydroxylation is 2. The van der Waals surface area contributed by atoms with Gasteiger partial charge in [0.25, 0.3) is 11.6 Å². The molecular weight excluding hydrogens is 284 g/mol. The van der Waals surface area contributed by atoms with Gasteiger partial charge in [-0.3, -0.25) is 14.9 Å². The normalized spacial score (nSPS) is 10.3. The lowest BCUT2D eigenvalue weighted by Gasteiger charge is -2.10. The van der Waals surface area contributed by atoms with E-state index in [9.17, 15) is 14.9 Å². The molecule has 0 atom stereocenters. The van der Waals surface area contributed by atoms with Crippen LogP contribution >= 0.6 is 0 Å². The number of hydrogen-bond donors (Lipinski definition) is 2. The number of aliphatic hydroxyl groups excluding tert-OH is 1. The second-order valence-electron chi connectivity index (χ2n) is 5.02. The minimum Gasteiger partial charge on any atom is -0.392 e. The van der Waals surface area contributed by atoms with Crippen molar-refractivity contribution in [3.05, 3.63) is 68.8 Å². The summed E-state index contributed by atoms with van der Waals surface area (Å²) in [5.74, 6) is -0.351. The highest BCUT2D eigenvalue weighted by Gasteiger charge is 2.14. The summed E-state index contributed by atoms with van der Waals surface area (Å²) in [6.45, 7) is 3.32. The number of hydrogen-bond acceptors (Lipinski definition) is 4. The van der Waals surface area contributed by atoms with E-state index in [-0.39, 0.29) is 18.2 Å². The molecule has 2 aromatic carbocycles. The molecule has 0 heterocycles. The van der Waals surface area contributed by atoms with Crippen molar-refractivity contribution < 1.29 is 14.8 Å². The zero-order valence-electron chi connectivity index (χ0n) is 12.3. The number of amides is 1. The maximum atomic E-state index is 12.3. The third-order valence-corrected chi connectivity index (χ3v) is 3.39. The SMILES string of the molecule is Cc1ccc(CO)cc1NC(=O)c1ccc([N+](=O)[O-])c(C)c1. The van der Waals surface area contributed by atoms with Crippen molar-refractivity contribution in [3.8, 4) is 0 Å². The van der Waals surface area contributed by atoms with Crippen molar-refractivity contribution in [1.29, 1.82) is 0 Å². The number of benzene rings is 2. The standard InChI is InChI=1S/C16H16N2O4/c1-10-3-4-12(9-19)8-14(10)17-16(20)13-5-6-15(18(21)22)11(2)7-13/h3-8,19H,9H2,1-2H3,(H,17,20). The van der Waals surface area contributed by atoms with Crippen LogP contribution in [0, 0.1) is 24.0 Å². The molecule has 2 rings (SSSR count). The molecule has 0 spiro atoms. The topological polar surface area (TPSA) is 92.5 Å². The molecule has 0 aromatic heterocycles. The van der Waals surface area contributed by atoms with Crippen molar-refractivity contribution in [2.75, 3.05) is 5.32 Å². The van der Waals surface area contributed by atoms with Crippen LogP contribution < -0.4 is 5.32 Å². The number of anilines is 1. The Morgan fingerprint density at radius 3 is 2.50 bits per heavy atom. The molecule has 0 aliphatic heterocycles. The molecular formula is C16H16N2O4. The van der Waals surface area contributed by atoms with Crippen LogP contribution in [0.1, 0.15) is 27.0 Å². The van der Waals surface area contributed by atoms with E-state index in [2.05, 4.69) is 5.32 Å². The number of nitrogens with one attached hydrogen (secondary N) is 1. The van der Waals surface area contributed by atoms with Gasteiger partial charge in [0.15, 0.2) is 0 Å². The highest BCUT2D eigenvalue weighted by Crippen LogP contribution is 2.21. The fraction of sp³-hybridized carbons (Fsp3) is 0.188. The van der Waals surface area contributed by atoms with Gasteiger partial charge in [-0.2, -0.15) is 0 Å². The molecule has 0 saturated heterocycles. The zero-order valence-corrected chi connectivity index (χ0v) is 12.3. The minimum atomic E-state index is -0.480. The number of carbonyl (C=O) groups is 1. The molecule has 0 unspecified atom stereocenters. The van der Waals surface area contributed by atoms with Gasteiger partial charge >= 0.3 is 0 Å². The van der Waals surface area contributed by atoms with Crippen LogP contribution in [0.15, 0.2) is 36.4 Å². The van der Waals surface area contributed by atoms with E-state index in [1.165, 1.54) is 18.2 Å². The Morgan fingerprint density at radius 2 is 1.91 bits per heavy atom. The van der Waals surface area contributed by atoms with Crippen LogP contribution in [0.2, 0.25) is 0 Å². The number of nitro groups is 1.